The maximum absolute atomic E-state index is 13.2. The lowest BCUT2D eigenvalue weighted by Gasteiger charge is -2.39. The predicted molar refractivity (Wildman–Crippen MR) is 116 cm³/mol. The molecule has 0 unspecified atom stereocenters. The average molecular weight is 495 g/mol. The van der Waals surface area contributed by atoms with E-state index in [-0.39, 0.29) is 17.8 Å². The number of hydrogen-bond donors (Lipinski definition) is 1. The smallest absolute Gasteiger partial charge is 0.336 e. The summed E-state index contributed by atoms with van der Waals surface area (Å²) in [5.74, 6) is -0.725. The molecular formula is C22H26INO4. The lowest BCUT2D eigenvalue weighted by Crippen LogP contribution is -2.38. The van der Waals surface area contributed by atoms with Crippen LogP contribution in [0.5, 0.6) is 0 Å². The van der Waals surface area contributed by atoms with Crippen LogP contribution in [0.3, 0.4) is 0 Å². The van der Waals surface area contributed by atoms with Crippen LogP contribution in [0.2, 0.25) is 0 Å². The van der Waals surface area contributed by atoms with Crippen molar-refractivity contribution in [1.82, 2.24) is 5.32 Å². The molecule has 5 nitrogen and oxygen atoms in total. The zero-order valence-electron chi connectivity index (χ0n) is 16.7. The highest BCUT2D eigenvalue weighted by Gasteiger charge is 2.43. The first-order valence-corrected chi connectivity index (χ1v) is 10.5. The number of allylic oxidation sites excluding steroid dienone is 3. The molecule has 1 aliphatic carbocycles. The zero-order chi connectivity index (χ0) is 20.5. The molecule has 0 radical (unpaired) electrons. The Kier molecular flexibility index (Phi) is 6.29. The van der Waals surface area contributed by atoms with Gasteiger partial charge in [-0.15, -0.1) is 0 Å². The number of carbonyl (C=O) groups excluding carboxylic acids is 2. The summed E-state index contributed by atoms with van der Waals surface area (Å²) in [5.41, 5.74) is 3.71. The summed E-state index contributed by atoms with van der Waals surface area (Å²) in [7, 11) is 1.56. The molecule has 150 valence electrons. The summed E-state index contributed by atoms with van der Waals surface area (Å²) < 4.78 is 11.5. The van der Waals surface area contributed by atoms with Crippen LogP contribution in [-0.2, 0) is 19.1 Å². The lowest BCUT2D eigenvalue weighted by atomic mass is 9.68. The highest BCUT2D eigenvalue weighted by Crippen LogP contribution is 2.46. The Hall–Kier alpha value is -1.67. The highest BCUT2D eigenvalue weighted by atomic mass is 127. The van der Waals surface area contributed by atoms with E-state index >= 15 is 0 Å². The van der Waals surface area contributed by atoms with Crippen LogP contribution in [0.15, 0.2) is 46.8 Å². The van der Waals surface area contributed by atoms with Crippen molar-refractivity contribution in [3.05, 3.63) is 55.9 Å². The van der Waals surface area contributed by atoms with E-state index in [2.05, 4.69) is 41.8 Å². The maximum Gasteiger partial charge on any atom is 0.336 e. The normalized spacial score (nSPS) is 21.3. The summed E-state index contributed by atoms with van der Waals surface area (Å²) >= 11 is 2.25. The van der Waals surface area contributed by atoms with E-state index in [9.17, 15) is 9.59 Å². The molecule has 0 spiro atoms. The summed E-state index contributed by atoms with van der Waals surface area (Å²) in [6, 6.07) is 7.97. The number of carbonyl (C=O) groups is 2. The number of ether oxygens (including phenoxy) is 2. The maximum atomic E-state index is 13.2. The van der Waals surface area contributed by atoms with Gasteiger partial charge in [-0.1, -0.05) is 26.0 Å². The minimum Gasteiger partial charge on any atom is -0.460 e. The molecule has 1 heterocycles. The number of nitrogens with one attached hydrogen (secondary N) is 1. The van der Waals surface area contributed by atoms with Gasteiger partial charge < -0.3 is 14.8 Å². The minimum atomic E-state index is -0.412. The van der Waals surface area contributed by atoms with Crippen LogP contribution in [-0.4, -0.2) is 32.1 Å². The quantitative estimate of drug-likeness (QED) is 0.379. The number of ketones is 1. The summed E-state index contributed by atoms with van der Waals surface area (Å²) in [6.07, 6.45) is 1.25. The second kappa shape index (κ2) is 8.37. The largest absolute Gasteiger partial charge is 0.460 e. The number of rotatable bonds is 5. The van der Waals surface area contributed by atoms with Gasteiger partial charge in [0.15, 0.2) is 5.78 Å². The number of halogens is 1. The van der Waals surface area contributed by atoms with Gasteiger partial charge in [-0.2, -0.15) is 0 Å². The number of esters is 1. The first-order chi connectivity index (χ1) is 13.2. The van der Waals surface area contributed by atoms with E-state index in [1.165, 1.54) is 0 Å². The monoisotopic (exact) mass is 495 g/mol. The molecule has 1 N–H and O–H groups in total. The van der Waals surface area contributed by atoms with E-state index in [0.29, 0.717) is 24.2 Å². The molecule has 1 aromatic carbocycles. The summed E-state index contributed by atoms with van der Waals surface area (Å²) in [4.78, 5) is 26.1. The first-order valence-electron chi connectivity index (χ1n) is 9.39. The molecular weight excluding hydrogens is 469 g/mol. The first kappa shape index (κ1) is 21.0. The number of Topliss-reactive ketones (excluding diaryl/α,β-unsaturated/α-hetero) is 1. The van der Waals surface area contributed by atoms with E-state index < -0.39 is 11.9 Å². The molecule has 6 heteroatoms. The summed E-state index contributed by atoms with van der Waals surface area (Å²) in [6.45, 7) is 6.59. The van der Waals surface area contributed by atoms with Gasteiger partial charge in [0, 0.05) is 40.0 Å². The molecule has 1 aromatic rings. The van der Waals surface area contributed by atoms with Crippen LogP contribution >= 0.6 is 22.6 Å². The van der Waals surface area contributed by atoms with Gasteiger partial charge in [-0.3, -0.25) is 4.79 Å². The fraction of sp³-hybridized carbons (Fsp3) is 0.455. The van der Waals surface area contributed by atoms with Crippen molar-refractivity contribution in [1.29, 1.82) is 0 Å². The molecule has 28 heavy (non-hydrogen) atoms. The molecule has 0 fully saturated rings. The van der Waals surface area contributed by atoms with E-state index in [4.69, 9.17) is 9.47 Å². The lowest BCUT2D eigenvalue weighted by molar-refractivity contribution is -0.140. The number of methoxy groups -OCH3 is 1. The number of benzene rings is 1. The van der Waals surface area contributed by atoms with Crippen LogP contribution in [0.25, 0.3) is 0 Å². The average Bonchev–Trinajstić information content (AvgIpc) is 2.59. The zero-order valence-corrected chi connectivity index (χ0v) is 18.9. The van der Waals surface area contributed by atoms with Gasteiger partial charge >= 0.3 is 5.97 Å². The van der Waals surface area contributed by atoms with E-state index in [1.807, 2.05) is 31.2 Å². The van der Waals surface area contributed by atoms with Crippen molar-refractivity contribution in [2.24, 2.45) is 5.41 Å². The summed E-state index contributed by atoms with van der Waals surface area (Å²) in [5, 5.41) is 3.34. The fourth-order valence-electron chi connectivity index (χ4n) is 4.02. The fourth-order valence-corrected chi connectivity index (χ4v) is 4.59. The third-order valence-electron chi connectivity index (χ3n) is 5.16. The van der Waals surface area contributed by atoms with Crippen molar-refractivity contribution < 1.29 is 19.1 Å². The topological polar surface area (TPSA) is 64.6 Å². The Labute approximate surface area is 179 Å². The molecule has 1 atom stereocenters. The van der Waals surface area contributed by atoms with Gasteiger partial charge in [0.2, 0.25) is 0 Å². The Bertz CT molecular complexity index is 869. The standard InChI is InChI=1S/C22H26INO4/c1-13-18(21(26)28-9-8-27-4)19(14-6-5-7-15(23)10-14)20-16(24-13)11-22(2,3)12-17(20)25/h5-7,10,19,24H,8-9,11-12H2,1-4H3/t19-/m1/s1. The van der Waals surface area contributed by atoms with Crippen molar-refractivity contribution in [3.8, 4) is 0 Å². The number of hydrogen-bond acceptors (Lipinski definition) is 5. The second-order valence-electron chi connectivity index (χ2n) is 8.11. The van der Waals surface area contributed by atoms with E-state index in [0.717, 1.165) is 26.9 Å². The van der Waals surface area contributed by atoms with Gasteiger partial charge in [-0.25, -0.2) is 4.79 Å². The van der Waals surface area contributed by atoms with E-state index in [1.54, 1.807) is 7.11 Å². The van der Waals surface area contributed by atoms with Gasteiger partial charge in [0.1, 0.15) is 6.61 Å². The molecule has 1 aliphatic heterocycles. The second-order valence-corrected chi connectivity index (χ2v) is 9.36. The molecule has 0 bridgehead atoms. The molecule has 0 saturated carbocycles. The third kappa shape index (κ3) is 4.33. The Morgan fingerprint density at radius 1 is 1.29 bits per heavy atom. The SMILES string of the molecule is COCCOC(=O)C1=C(C)NC2=C(C(=O)CC(C)(C)C2)[C@@H]1c1cccc(I)c1. The molecule has 3 rings (SSSR count). The van der Waals surface area contributed by atoms with Crippen molar-refractivity contribution in [2.45, 2.75) is 39.5 Å². The van der Waals surface area contributed by atoms with Crippen LogP contribution in [0.4, 0.5) is 0 Å². The molecule has 2 aliphatic rings. The Balaban J connectivity index is 2.09. The number of dihydropyridines is 1. The van der Waals surface area contributed by atoms with Crippen molar-refractivity contribution in [3.63, 3.8) is 0 Å². The Morgan fingerprint density at radius 2 is 2.04 bits per heavy atom. The van der Waals surface area contributed by atoms with Gasteiger partial charge in [-0.05, 0) is 59.0 Å². The van der Waals surface area contributed by atoms with Crippen LogP contribution in [0.1, 0.15) is 45.1 Å². The van der Waals surface area contributed by atoms with Gasteiger partial charge in [0.05, 0.1) is 12.2 Å². The van der Waals surface area contributed by atoms with Crippen molar-refractivity contribution in [2.75, 3.05) is 20.3 Å². The molecule has 0 aromatic heterocycles. The minimum absolute atomic E-state index is 0.0947. The van der Waals surface area contributed by atoms with Crippen molar-refractivity contribution >= 4 is 34.3 Å². The third-order valence-corrected chi connectivity index (χ3v) is 5.83. The van der Waals surface area contributed by atoms with Gasteiger partial charge in [0.25, 0.3) is 0 Å². The Morgan fingerprint density at radius 3 is 2.71 bits per heavy atom. The molecule has 0 saturated heterocycles. The predicted octanol–water partition coefficient (Wildman–Crippen LogP) is 4.08. The van der Waals surface area contributed by atoms with Crippen LogP contribution < -0.4 is 5.32 Å². The highest BCUT2D eigenvalue weighted by molar-refractivity contribution is 14.1. The van der Waals surface area contributed by atoms with Crippen LogP contribution in [0, 0.1) is 8.99 Å². The molecule has 0 amide bonds.